The predicted molar refractivity (Wildman–Crippen MR) is 116 cm³/mol. The minimum atomic E-state index is 0. The Morgan fingerprint density at radius 3 is 2.88 bits per heavy atom. The number of guanidine groups is 1. The van der Waals surface area contributed by atoms with Crippen LogP contribution in [0.2, 0.25) is 5.02 Å². The van der Waals surface area contributed by atoms with Crippen LogP contribution >= 0.6 is 35.6 Å². The van der Waals surface area contributed by atoms with Crippen molar-refractivity contribution in [1.82, 2.24) is 25.0 Å². The van der Waals surface area contributed by atoms with Crippen LogP contribution in [-0.2, 0) is 19.5 Å². The van der Waals surface area contributed by atoms with Crippen molar-refractivity contribution in [3.8, 4) is 0 Å². The highest BCUT2D eigenvalue weighted by atomic mass is 127. The van der Waals surface area contributed by atoms with Crippen molar-refractivity contribution >= 4 is 41.5 Å². The first kappa shape index (κ1) is 21.0. The molecule has 1 aliphatic heterocycles. The minimum absolute atomic E-state index is 0. The first-order valence-electron chi connectivity index (χ1n) is 8.62. The number of rotatable bonds is 4. The number of fused-ring (bicyclic) bond motifs is 1. The molecule has 6 nitrogen and oxygen atoms in total. The standard InChI is InChI=1S/C18H25ClN6.HI/c1-13-22-23-17-9-8-14(11-25(13)17)10-21-18(20-2)24(3)12-15-6-4-5-7-16(15)19;/h4-7,14H,8-12H2,1-3H3,(H,20,21);1H. The molecule has 2 aromatic rings. The highest BCUT2D eigenvalue weighted by Crippen LogP contribution is 2.19. The Balaban J connectivity index is 0.00000243. The lowest BCUT2D eigenvalue weighted by molar-refractivity contribution is 0.352. The number of aliphatic imine (C=N–C) groups is 1. The van der Waals surface area contributed by atoms with Gasteiger partial charge < -0.3 is 14.8 Å². The fourth-order valence-electron chi connectivity index (χ4n) is 3.27. The molecule has 2 heterocycles. The molecule has 3 rings (SSSR count). The summed E-state index contributed by atoms with van der Waals surface area (Å²) in [5.74, 6) is 3.53. The molecular formula is C18H26ClIN6. The second kappa shape index (κ2) is 9.55. The lowest BCUT2D eigenvalue weighted by Gasteiger charge is -2.27. The van der Waals surface area contributed by atoms with Crippen LogP contribution in [0.3, 0.4) is 0 Å². The van der Waals surface area contributed by atoms with Crippen molar-refractivity contribution < 1.29 is 0 Å². The molecule has 1 N–H and O–H groups in total. The zero-order valence-electron chi connectivity index (χ0n) is 15.4. The molecule has 1 aromatic heterocycles. The molecule has 0 bridgehead atoms. The van der Waals surface area contributed by atoms with Gasteiger partial charge in [-0.25, -0.2) is 0 Å². The summed E-state index contributed by atoms with van der Waals surface area (Å²) < 4.78 is 2.23. The van der Waals surface area contributed by atoms with Crippen LogP contribution in [0.4, 0.5) is 0 Å². The quantitative estimate of drug-likeness (QED) is 0.408. The van der Waals surface area contributed by atoms with E-state index in [1.807, 2.05) is 45.3 Å². The van der Waals surface area contributed by atoms with Crippen molar-refractivity contribution in [1.29, 1.82) is 0 Å². The highest BCUT2D eigenvalue weighted by Gasteiger charge is 2.22. The lowest BCUT2D eigenvalue weighted by Crippen LogP contribution is -2.42. The molecule has 26 heavy (non-hydrogen) atoms. The molecule has 0 amide bonds. The zero-order valence-corrected chi connectivity index (χ0v) is 18.5. The van der Waals surface area contributed by atoms with Crippen molar-refractivity contribution in [2.75, 3.05) is 20.6 Å². The SMILES string of the molecule is CN=C(NCC1CCc2nnc(C)n2C1)N(C)Cc1ccccc1Cl.I. The van der Waals surface area contributed by atoms with E-state index in [2.05, 4.69) is 30.0 Å². The maximum absolute atomic E-state index is 6.27. The van der Waals surface area contributed by atoms with E-state index in [1.165, 1.54) is 0 Å². The van der Waals surface area contributed by atoms with Gasteiger partial charge in [0.25, 0.3) is 0 Å². The number of halogens is 2. The third-order valence-electron chi connectivity index (χ3n) is 4.72. The molecular weight excluding hydrogens is 463 g/mol. The second-order valence-electron chi connectivity index (χ2n) is 6.55. The van der Waals surface area contributed by atoms with E-state index >= 15 is 0 Å². The molecule has 142 valence electrons. The maximum Gasteiger partial charge on any atom is 0.193 e. The Bertz CT molecular complexity index is 760. The van der Waals surface area contributed by atoms with Crippen molar-refractivity contribution in [2.24, 2.45) is 10.9 Å². The Morgan fingerprint density at radius 2 is 2.15 bits per heavy atom. The van der Waals surface area contributed by atoms with E-state index in [-0.39, 0.29) is 24.0 Å². The summed E-state index contributed by atoms with van der Waals surface area (Å²) in [6.45, 7) is 4.59. The van der Waals surface area contributed by atoms with Gasteiger partial charge in [0.15, 0.2) is 5.96 Å². The van der Waals surface area contributed by atoms with Crippen LogP contribution in [0.1, 0.15) is 23.6 Å². The van der Waals surface area contributed by atoms with Crippen molar-refractivity contribution in [2.45, 2.75) is 32.9 Å². The van der Waals surface area contributed by atoms with Gasteiger partial charge in [-0.3, -0.25) is 4.99 Å². The van der Waals surface area contributed by atoms with E-state index in [0.717, 1.165) is 60.7 Å². The first-order chi connectivity index (χ1) is 12.1. The topological polar surface area (TPSA) is 58.3 Å². The van der Waals surface area contributed by atoms with Crippen LogP contribution in [0.5, 0.6) is 0 Å². The monoisotopic (exact) mass is 488 g/mol. The number of nitrogens with zero attached hydrogens (tertiary/aromatic N) is 5. The maximum atomic E-state index is 6.27. The molecule has 1 aliphatic rings. The van der Waals surface area contributed by atoms with Gasteiger partial charge >= 0.3 is 0 Å². The normalized spacial score (nSPS) is 16.6. The van der Waals surface area contributed by atoms with E-state index in [9.17, 15) is 0 Å². The number of nitrogens with one attached hydrogen (secondary N) is 1. The Kier molecular flexibility index (Phi) is 7.69. The van der Waals surface area contributed by atoms with Crippen LogP contribution in [0.15, 0.2) is 29.3 Å². The molecule has 0 spiro atoms. The molecule has 0 saturated carbocycles. The molecule has 0 saturated heterocycles. The average molecular weight is 489 g/mol. The van der Waals surface area contributed by atoms with E-state index in [4.69, 9.17) is 11.6 Å². The summed E-state index contributed by atoms with van der Waals surface area (Å²) in [6.07, 6.45) is 2.11. The third kappa shape index (κ3) is 4.88. The predicted octanol–water partition coefficient (Wildman–Crippen LogP) is 3.13. The van der Waals surface area contributed by atoms with Gasteiger partial charge in [0.05, 0.1) is 0 Å². The lowest BCUT2D eigenvalue weighted by atomic mass is 9.99. The smallest absolute Gasteiger partial charge is 0.193 e. The first-order valence-corrected chi connectivity index (χ1v) is 9.00. The number of hydrogen-bond donors (Lipinski definition) is 1. The highest BCUT2D eigenvalue weighted by molar-refractivity contribution is 14.0. The van der Waals surface area contributed by atoms with Gasteiger partial charge in [0.1, 0.15) is 11.6 Å². The molecule has 0 aliphatic carbocycles. The summed E-state index contributed by atoms with van der Waals surface area (Å²) in [5, 5.41) is 12.7. The van der Waals surface area contributed by atoms with Gasteiger partial charge in [-0.05, 0) is 30.9 Å². The van der Waals surface area contributed by atoms with Gasteiger partial charge in [0, 0.05) is 45.2 Å². The summed E-state index contributed by atoms with van der Waals surface area (Å²) in [7, 11) is 3.84. The number of aryl methyl sites for hydroxylation is 2. The fourth-order valence-corrected chi connectivity index (χ4v) is 3.47. The summed E-state index contributed by atoms with van der Waals surface area (Å²) in [5.41, 5.74) is 1.09. The Labute approximate surface area is 177 Å². The largest absolute Gasteiger partial charge is 0.356 e. The molecule has 0 radical (unpaired) electrons. The van der Waals surface area contributed by atoms with Crippen LogP contribution < -0.4 is 5.32 Å². The summed E-state index contributed by atoms with van der Waals surface area (Å²) in [4.78, 5) is 6.50. The minimum Gasteiger partial charge on any atom is -0.356 e. The van der Waals surface area contributed by atoms with Crippen LogP contribution in [-0.4, -0.2) is 46.3 Å². The van der Waals surface area contributed by atoms with Crippen LogP contribution in [0, 0.1) is 12.8 Å². The molecule has 0 fully saturated rings. The average Bonchev–Trinajstić information content (AvgIpc) is 2.98. The second-order valence-corrected chi connectivity index (χ2v) is 6.96. The van der Waals surface area contributed by atoms with Crippen LogP contribution in [0.25, 0.3) is 0 Å². The zero-order chi connectivity index (χ0) is 17.8. The third-order valence-corrected chi connectivity index (χ3v) is 5.09. The van der Waals surface area contributed by atoms with E-state index in [1.54, 1.807) is 0 Å². The Hall–Kier alpha value is -1.35. The van der Waals surface area contributed by atoms with E-state index < -0.39 is 0 Å². The molecule has 1 aromatic carbocycles. The van der Waals surface area contributed by atoms with Gasteiger partial charge in [-0.15, -0.1) is 34.2 Å². The molecule has 1 unspecified atom stereocenters. The van der Waals surface area contributed by atoms with Gasteiger partial charge in [-0.2, -0.15) is 0 Å². The van der Waals surface area contributed by atoms with Gasteiger partial charge in [-0.1, -0.05) is 29.8 Å². The summed E-state index contributed by atoms with van der Waals surface area (Å²) >= 11 is 6.27. The number of benzene rings is 1. The number of hydrogen-bond acceptors (Lipinski definition) is 3. The Morgan fingerprint density at radius 1 is 1.38 bits per heavy atom. The molecule has 8 heteroatoms. The summed E-state index contributed by atoms with van der Waals surface area (Å²) in [6, 6.07) is 7.92. The number of aromatic nitrogens is 3. The van der Waals surface area contributed by atoms with Crippen molar-refractivity contribution in [3.63, 3.8) is 0 Å². The van der Waals surface area contributed by atoms with Gasteiger partial charge in [0.2, 0.25) is 0 Å². The van der Waals surface area contributed by atoms with E-state index in [0.29, 0.717) is 5.92 Å². The fraction of sp³-hybridized carbons (Fsp3) is 0.500. The molecule has 1 atom stereocenters. The van der Waals surface area contributed by atoms with Crippen molar-refractivity contribution in [3.05, 3.63) is 46.5 Å².